The van der Waals surface area contributed by atoms with Crippen LogP contribution >= 0.6 is 43.2 Å². The first-order valence-electron chi connectivity index (χ1n) is 6.21. The Morgan fingerprint density at radius 2 is 2.00 bits per heavy atom. The Labute approximate surface area is 134 Å². The predicted octanol–water partition coefficient (Wildman–Crippen LogP) is 5.11. The van der Waals surface area contributed by atoms with E-state index in [1.165, 1.54) is 0 Å². The van der Waals surface area contributed by atoms with Crippen LogP contribution in [0.5, 0.6) is 0 Å². The van der Waals surface area contributed by atoms with Crippen LogP contribution in [0.25, 0.3) is 10.7 Å². The van der Waals surface area contributed by atoms with Crippen molar-refractivity contribution in [3.05, 3.63) is 26.1 Å². The lowest BCUT2D eigenvalue weighted by Crippen LogP contribution is -2.05. The van der Waals surface area contributed by atoms with Crippen LogP contribution in [-0.2, 0) is 6.42 Å². The van der Waals surface area contributed by atoms with Gasteiger partial charge >= 0.3 is 0 Å². The van der Waals surface area contributed by atoms with Gasteiger partial charge in [-0.15, -0.1) is 11.3 Å². The molecule has 0 saturated heterocycles. The zero-order valence-electron chi connectivity index (χ0n) is 10.8. The van der Waals surface area contributed by atoms with Gasteiger partial charge in [-0.1, -0.05) is 13.8 Å². The minimum atomic E-state index is 0.786. The van der Waals surface area contributed by atoms with E-state index in [0.717, 1.165) is 49.9 Å². The molecule has 2 aromatic heterocycles. The zero-order valence-corrected chi connectivity index (χ0v) is 14.8. The molecule has 0 unspecified atom stereocenters. The maximum atomic E-state index is 4.60. The van der Waals surface area contributed by atoms with Gasteiger partial charge in [0.05, 0.1) is 8.66 Å². The molecule has 0 aliphatic heterocycles. The lowest BCUT2D eigenvalue weighted by atomic mass is 10.3. The van der Waals surface area contributed by atoms with Crippen molar-refractivity contribution >= 4 is 49.0 Å². The van der Waals surface area contributed by atoms with E-state index >= 15 is 0 Å². The molecule has 6 heteroatoms. The van der Waals surface area contributed by atoms with Gasteiger partial charge in [0.15, 0.2) is 5.82 Å². The zero-order chi connectivity index (χ0) is 13.8. The summed E-state index contributed by atoms with van der Waals surface area (Å²) in [5.41, 5.74) is 1.06. The summed E-state index contributed by atoms with van der Waals surface area (Å²) in [4.78, 5) is 10.3. The molecule has 0 atom stereocenters. The largest absolute Gasteiger partial charge is 0.370 e. The van der Waals surface area contributed by atoms with Crippen molar-refractivity contribution in [3.63, 3.8) is 0 Å². The summed E-state index contributed by atoms with van der Waals surface area (Å²) < 4.78 is 2.11. The fourth-order valence-corrected chi connectivity index (χ4v) is 3.56. The molecule has 0 saturated carbocycles. The highest BCUT2D eigenvalue weighted by Gasteiger charge is 2.11. The van der Waals surface area contributed by atoms with E-state index in [2.05, 4.69) is 61.0 Å². The second kappa shape index (κ2) is 6.81. The van der Waals surface area contributed by atoms with Crippen molar-refractivity contribution in [3.8, 4) is 10.7 Å². The van der Waals surface area contributed by atoms with Crippen molar-refractivity contribution in [1.82, 2.24) is 9.97 Å². The number of anilines is 1. The molecule has 19 heavy (non-hydrogen) atoms. The molecular formula is C13H15Br2N3S. The van der Waals surface area contributed by atoms with E-state index in [9.17, 15) is 0 Å². The fourth-order valence-electron chi connectivity index (χ4n) is 1.59. The number of nitrogens with one attached hydrogen (secondary N) is 1. The average Bonchev–Trinajstić information content (AvgIpc) is 2.76. The molecule has 2 rings (SSSR count). The Morgan fingerprint density at radius 3 is 2.58 bits per heavy atom. The van der Waals surface area contributed by atoms with Crippen molar-refractivity contribution < 1.29 is 0 Å². The molecular weight excluding hydrogens is 390 g/mol. The van der Waals surface area contributed by atoms with Gasteiger partial charge in [0, 0.05) is 22.8 Å². The molecule has 102 valence electrons. The van der Waals surface area contributed by atoms with Crippen LogP contribution in [0.3, 0.4) is 0 Å². The number of nitrogens with zero attached hydrogens (tertiary/aromatic N) is 2. The maximum Gasteiger partial charge on any atom is 0.171 e. The molecule has 2 heterocycles. The van der Waals surface area contributed by atoms with E-state index in [4.69, 9.17) is 0 Å². The van der Waals surface area contributed by atoms with Crippen LogP contribution in [0.1, 0.15) is 26.0 Å². The summed E-state index contributed by atoms with van der Waals surface area (Å²) in [6.07, 6.45) is 1.99. The minimum Gasteiger partial charge on any atom is -0.370 e. The third-order valence-corrected chi connectivity index (χ3v) is 5.82. The quantitative estimate of drug-likeness (QED) is 0.751. The number of thiophene rings is 1. The summed E-state index contributed by atoms with van der Waals surface area (Å²) in [6.45, 7) is 5.18. The normalized spacial score (nSPS) is 10.7. The van der Waals surface area contributed by atoms with Crippen molar-refractivity contribution in [1.29, 1.82) is 0 Å². The van der Waals surface area contributed by atoms with Crippen LogP contribution in [0.15, 0.2) is 20.4 Å². The van der Waals surface area contributed by atoms with Crippen LogP contribution < -0.4 is 5.32 Å². The standard InChI is InChI=1S/C13H15Br2N3S/c1-3-5-16-11-6-8(4-2)17-13(18-11)10-7-9(14)12(15)19-10/h6-7H,3-5H2,1-2H3,(H,16,17,18). The van der Waals surface area contributed by atoms with E-state index in [-0.39, 0.29) is 0 Å². The summed E-state index contributed by atoms with van der Waals surface area (Å²) in [5, 5.41) is 3.33. The first-order chi connectivity index (χ1) is 9.13. The molecule has 0 aliphatic rings. The first-order valence-corrected chi connectivity index (χ1v) is 8.61. The highest BCUT2D eigenvalue weighted by Crippen LogP contribution is 2.37. The average molecular weight is 405 g/mol. The molecule has 0 fully saturated rings. The molecule has 0 spiro atoms. The predicted molar refractivity (Wildman–Crippen MR) is 88.9 cm³/mol. The van der Waals surface area contributed by atoms with E-state index in [1.807, 2.05) is 12.1 Å². The summed E-state index contributed by atoms with van der Waals surface area (Å²) in [7, 11) is 0. The van der Waals surface area contributed by atoms with E-state index in [0.29, 0.717) is 0 Å². The number of hydrogen-bond acceptors (Lipinski definition) is 4. The van der Waals surface area contributed by atoms with Crippen LogP contribution in [0.2, 0.25) is 0 Å². The number of aryl methyl sites for hydroxylation is 1. The molecule has 0 bridgehead atoms. The molecule has 0 aliphatic carbocycles. The molecule has 3 nitrogen and oxygen atoms in total. The third-order valence-electron chi connectivity index (χ3n) is 2.56. The highest BCUT2D eigenvalue weighted by atomic mass is 79.9. The van der Waals surface area contributed by atoms with Gasteiger partial charge in [0.2, 0.25) is 0 Å². The van der Waals surface area contributed by atoms with Crippen molar-refractivity contribution in [2.24, 2.45) is 0 Å². The number of rotatable bonds is 5. The van der Waals surface area contributed by atoms with Gasteiger partial charge < -0.3 is 5.32 Å². The monoisotopic (exact) mass is 403 g/mol. The lowest BCUT2D eigenvalue weighted by molar-refractivity contribution is 0.952. The van der Waals surface area contributed by atoms with Gasteiger partial charge in [-0.2, -0.15) is 0 Å². The Morgan fingerprint density at radius 1 is 1.21 bits per heavy atom. The molecule has 0 aromatic carbocycles. The highest BCUT2D eigenvalue weighted by molar-refractivity contribution is 9.13. The van der Waals surface area contributed by atoms with E-state index < -0.39 is 0 Å². The van der Waals surface area contributed by atoms with Gasteiger partial charge in [0.25, 0.3) is 0 Å². The minimum absolute atomic E-state index is 0.786. The van der Waals surface area contributed by atoms with Crippen molar-refractivity contribution in [2.75, 3.05) is 11.9 Å². The summed E-state index contributed by atoms with van der Waals surface area (Å²) in [6, 6.07) is 4.07. The number of aromatic nitrogens is 2. The Bertz CT molecular complexity index is 550. The summed E-state index contributed by atoms with van der Waals surface area (Å²) in [5.74, 6) is 1.69. The Balaban J connectivity index is 2.38. The second-order valence-corrected chi connectivity index (χ2v) is 7.31. The topological polar surface area (TPSA) is 37.8 Å². The van der Waals surface area contributed by atoms with E-state index in [1.54, 1.807) is 11.3 Å². The van der Waals surface area contributed by atoms with Crippen LogP contribution in [0, 0.1) is 0 Å². The second-order valence-electron chi connectivity index (χ2n) is 4.08. The van der Waals surface area contributed by atoms with Crippen LogP contribution in [-0.4, -0.2) is 16.5 Å². The number of hydrogen-bond donors (Lipinski definition) is 1. The Hall–Kier alpha value is -0.460. The first kappa shape index (κ1) is 14.9. The molecule has 0 amide bonds. The third kappa shape index (κ3) is 3.77. The molecule has 0 radical (unpaired) electrons. The lowest BCUT2D eigenvalue weighted by Gasteiger charge is -2.07. The summed E-state index contributed by atoms with van der Waals surface area (Å²) >= 11 is 8.65. The number of halogens is 2. The van der Waals surface area contributed by atoms with Gasteiger partial charge in [-0.3, -0.25) is 0 Å². The van der Waals surface area contributed by atoms with Crippen LogP contribution in [0.4, 0.5) is 5.82 Å². The van der Waals surface area contributed by atoms with Gasteiger partial charge in [0.1, 0.15) is 5.82 Å². The maximum absolute atomic E-state index is 4.60. The van der Waals surface area contributed by atoms with Gasteiger partial charge in [-0.05, 0) is 50.8 Å². The van der Waals surface area contributed by atoms with Gasteiger partial charge in [-0.25, -0.2) is 9.97 Å². The molecule has 2 aromatic rings. The molecule has 1 N–H and O–H groups in total. The fraction of sp³-hybridized carbons (Fsp3) is 0.385. The smallest absolute Gasteiger partial charge is 0.171 e. The SMILES string of the molecule is CCCNc1cc(CC)nc(-c2cc(Br)c(Br)s2)n1. The van der Waals surface area contributed by atoms with Crippen molar-refractivity contribution in [2.45, 2.75) is 26.7 Å². The Kier molecular flexibility index (Phi) is 5.36.